The van der Waals surface area contributed by atoms with Crippen LogP contribution in [0.3, 0.4) is 0 Å². The first kappa shape index (κ1) is 17.3. The molecule has 0 spiro atoms. The molecule has 1 aromatic heterocycles. The highest BCUT2D eigenvalue weighted by molar-refractivity contribution is 5.78. The molecule has 6 heteroatoms. The standard InChI is InChI=1S/C18H29N3O3/c1-13-18(14(2)20(3)19-13)24-12-17(22)21(15-7-4-5-8-15)11-16-9-6-10-23-16/h15-16H,4-12H2,1-3H3/t16-/m1/s1. The second-order valence-corrected chi connectivity index (χ2v) is 7.03. The predicted octanol–water partition coefficient (Wildman–Crippen LogP) is 2.37. The lowest BCUT2D eigenvalue weighted by molar-refractivity contribution is -0.137. The van der Waals surface area contributed by atoms with Gasteiger partial charge in [-0.05, 0) is 39.5 Å². The highest BCUT2D eigenvalue weighted by atomic mass is 16.5. The molecule has 134 valence electrons. The fraction of sp³-hybridized carbons (Fsp3) is 0.778. The topological polar surface area (TPSA) is 56.6 Å². The average molecular weight is 335 g/mol. The molecule has 0 bridgehead atoms. The van der Waals surface area contributed by atoms with E-state index in [1.54, 1.807) is 4.68 Å². The maximum Gasteiger partial charge on any atom is 0.260 e. The van der Waals surface area contributed by atoms with Crippen molar-refractivity contribution in [2.24, 2.45) is 7.05 Å². The van der Waals surface area contributed by atoms with Crippen LogP contribution in [0.4, 0.5) is 0 Å². The number of carbonyl (C=O) groups excluding carboxylic acids is 1. The lowest BCUT2D eigenvalue weighted by Crippen LogP contribution is -2.45. The molecule has 1 amide bonds. The van der Waals surface area contributed by atoms with Crippen molar-refractivity contribution >= 4 is 5.91 Å². The third kappa shape index (κ3) is 3.74. The van der Waals surface area contributed by atoms with Gasteiger partial charge in [-0.2, -0.15) is 5.10 Å². The van der Waals surface area contributed by atoms with Gasteiger partial charge in [-0.1, -0.05) is 12.8 Å². The van der Waals surface area contributed by atoms with Gasteiger partial charge in [-0.25, -0.2) is 0 Å². The molecule has 2 heterocycles. The van der Waals surface area contributed by atoms with E-state index in [0.29, 0.717) is 12.6 Å². The summed E-state index contributed by atoms with van der Waals surface area (Å²) < 4.78 is 13.4. The smallest absolute Gasteiger partial charge is 0.260 e. The zero-order valence-electron chi connectivity index (χ0n) is 15.1. The zero-order valence-corrected chi connectivity index (χ0v) is 15.1. The largest absolute Gasteiger partial charge is 0.480 e. The van der Waals surface area contributed by atoms with E-state index >= 15 is 0 Å². The van der Waals surface area contributed by atoms with Crippen molar-refractivity contribution in [1.82, 2.24) is 14.7 Å². The number of rotatable bonds is 6. The lowest BCUT2D eigenvalue weighted by Gasteiger charge is -2.31. The molecule has 1 saturated heterocycles. The fourth-order valence-electron chi connectivity index (χ4n) is 3.86. The Hall–Kier alpha value is -1.56. The first-order valence-electron chi connectivity index (χ1n) is 9.10. The summed E-state index contributed by atoms with van der Waals surface area (Å²) in [6.07, 6.45) is 6.97. The first-order chi connectivity index (χ1) is 11.6. The number of carbonyl (C=O) groups is 1. The Balaban J connectivity index is 1.63. The summed E-state index contributed by atoms with van der Waals surface area (Å²) in [5.41, 5.74) is 1.78. The van der Waals surface area contributed by atoms with Gasteiger partial charge in [0, 0.05) is 26.2 Å². The van der Waals surface area contributed by atoms with E-state index in [0.717, 1.165) is 49.4 Å². The Morgan fingerprint density at radius 3 is 2.62 bits per heavy atom. The van der Waals surface area contributed by atoms with E-state index in [4.69, 9.17) is 9.47 Å². The van der Waals surface area contributed by atoms with Crippen molar-refractivity contribution in [3.8, 4) is 5.75 Å². The minimum absolute atomic E-state index is 0.0695. The van der Waals surface area contributed by atoms with Crippen LogP contribution >= 0.6 is 0 Å². The molecule has 1 atom stereocenters. The van der Waals surface area contributed by atoms with E-state index in [9.17, 15) is 4.79 Å². The summed E-state index contributed by atoms with van der Waals surface area (Å²) in [6, 6.07) is 0.349. The number of ether oxygens (including phenoxy) is 2. The van der Waals surface area contributed by atoms with Gasteiger partial charge in [0.2, 0.25) is 0 Å². The van der Waals surface area contributed by atoms with Crippen LogP contribution in [0.25, 0.3) is 0 Å². The number of hydrogen-bond donors (Lipinski definition) is 0. The van der Waals surface area contributed by atoms with E-state index in [2.05, 4.69) is 5.10 Å². The lowest BCUT2D eigenvalue weighted by atomic mass is 10.1. The monoisotopic (exact) mass is 335 g/mol. The minimum atomic E-state index is 0.0695. The molecule has 1 saturated carbocycles. The number of hydrogen-bond acceptors (Lipinski definition) is 4. The summed E-state index contributed by atoms with van der Waals surface area (Å²) in [4.78, 5) is 14.9. The molecule has 2 aliphatic rings. The number of aryl methyl sites for hydroxylation is 2. The Bertz CT molecular complexity index is 572. The van der Waals surface area contributed by atoms with Crippen LogP contribution in [-0.4, -0.2) is 52.5 Å². The van der Waals surface area contributed by atoms with Crippen LogP contribution in [0, 0.1) is 13.8 Å². The molecular weight excluding hydrogens is 306 g/mol. The summed E-state index contributed by atoms with van der Waals surface area (Å²) in [7, 11) is 1.89. The third-order valence-electron chi connectivity index (χ3n) is 5.29. The molecule has 0 aromatic carbocycles. The van der Waals surface area contributed by atoms with Gasteiger partial charge in [0.25, 0.3) is 5.91 Å². The molecule has 2 fully saturated rings. The Morgan fingerprint density at radius 1 is 1.29 bits per heavy atom. The van der Waals surface area contributed by atoms with Crippen LogP contribution < -0.4 is 4.74 Å². The van der Waals surface area contributed by atoms with Crippen molar-refractivity contribution in [2.45, 2.75) is 64.5 Å². The second kappa shape index (κ2) is 7.55. The van der Waals surface area contributed by atoms with E-state index in [1.165, 1.54) is 12.8 Å². The summed E-state index contributed by atoms with van der Waals surface area (Å²) >= 11 is 0. The number of nitrogens with zero attached hydrogens (tertiary/aromatic N) is 3. The molecule has 6 nitrogen and oxygen atoms in total. The SMILES string of the molecule is Cc1nn(C)c(C)c1OCC(=O)N(C[C@H]1CCCO1)C1CCCC1. The number of amides is 1. The van der Waals surface area contributed by atoms with E-state index in [1.807, 2.05) is 25.8 Å². The van der Waals surface area contributed by atoms with Crippen LogP contribution in [-0.2, 0) is 16.6 Å². The highest BCUT2D eigenvalue weighted by Gasteiger charge is 2.30. The zero-order chi connectivity index (χ0) is 17.1. The van der Waals surface area contributed by atoms with Gasteiger partial charge in [-0.15, -0.1) is 0 Å². The Kier molecular flexibility index (Phi) is 5.43. The van der Waals surface area contributed by atoms with E-state index < -0.39 is 0 Å². The Morgan fingerprint density at radius 2 is 2.04 bits per heavy atom. The van der Waals surface area contributed by atoms with Crippen molar-refractivity contribution in [3.63, 3.8) is 0 Å². The molecule has 1 aromatic rings. The van der Waals surface area contributed by atoms with Crippen molar-refractivity contribution in [1.29, 1.82) is 0 Å². The van der Waals surface area contributed by atoms with E-state index in [-0.39, 0.29) is 18.6 Å². The number of aromatic nitrogens is 2. The fourth-order valence-corrected chi connectivity index (χ4v) is 3.86. The van der Waals surface area contributed by atoms with Crippen LogP contribution in [0.1, 0.15) is 49.9 Å². The van der Waals surface area contributed by atoms with Crippen molar-refractivity contribution < 1.29 is 14.3 Å². The average Bonchev–Trinajstić information content (AvgIpc) is 3.28. The summed E-state index contributed by atoms with van der Waals surface area (Å²) in [5, 5.41) is 4.34. The molecule has 0 radical (unpaired) electrons. The first-order valence-corrected chi connectivity index (χ1v) is 9.10. The summed E-state index contributed by atoms with van der Waals surface area (Å²) in [5.74, 6) is 0.800. The molecule has 1 aliphatic heterocycles. The van der Waals surface area contributed by atoms with Crippen molar-refractivity contribution in [3.05, 3.63) is 11.4 Å². The molecular formula is C18H29N3O3. The van der Waals surface area contributed by atoms with Crippen LogP contribution in [0.15, 0.2) is 0 Å². The van der Waals surface area contributed by atoms with Crippen molar-refractivity contribution in [2.75, 3.05) is 19.8 Å². The summed E-state index contributed by atoms with van der Waals surface area (Å²) in [6.45, 7) is 5.48. The van der Waals surface area contributed by atoms with Gasteiger partial charge >= 0.3 is 0 Å². The van der Waals surface area contributed by atoms with Crippen LogP contribution in [0.2, 0.25) is 0 Å². The molecule has 3 rings (SSSR count). The maximum absolute atomic E-state index is 12.8. The highest BCUT2D eigenvalue weighted by Crippen LogP contribution is 2.26. The molecule has 0 unspecified atom stereocenters. The van der Waals surface area contributed by atoms with Gasteiger partial charge in [0.1, 0.15) is 5.69 Å². The van der Waals surface area contributed by atoms with Gasteiger partial charge < -0.3 is 14.4 Å². The maximum atomic E-state index is 12.8. The van der Waals surface area contributed by atoms with Gasteiger partial charge in [0.05, 0.1) is 11.8 Å². The molecule has 24 heavy (non-hydrogen) atoms. The molecule has 0 N–H and O–H groups in total. The predicted molar refractivity (Wildman–Crippen MR) is 91.1 cm³/mol. The Labute approximate surface area is 144 Å². The normalized spacial score (nSPS) is 21.4. The minimum Gasteiger partial charge on any atom is -0.480 e. The molecule has 1 aliphatic carbocycles. The van der Waals surface area contributed by atoms with Gasteiger partial charge in [0.15, 0.2) is 12.4 Å². The second-order valence-electron chi connectivity index (χ2n) is 7.03. The van der Waals surface area contributed by atoms with Gasteiger partial charge in [-0.3, -0.25) is 9.48 Å². The third-order valence-corrected chi connectivity index (χ3v) is 5.29. The quantitative estimate of drug-likeness (QED) is 0.801. The van der Waals surface area contributed by atoms with Crippen LogP contribution in [0.5, 0.6) is 5.75 Å².